The van der Waals surface area contributed by atoms with Gasteiger partial charge in [0.15, 0.2) is 5.56 Å². The van der Waals surface area contributed by atoms with Crippen LogP contribution in [0.15, 0.2) is 45.7 Å². The largest absolute Gasteiger partial charge is 0.506 e. The Morgan fingerprint density at radius 2 is 1.97 bits per heavy atom. The summed E-state index contributed by atoms with van der Waals surface area (Å²) in [7, 11) is 0. The summed E-state index contributed by atoms with van der Waals surface area (Å²) in [6.45, 7) is 1.51. The molecule has 1 unspecified atom stereocenters. The second kappa shape index (κ2) is 7.60. The van der Waals surface area contributed by atoms with Gasteiger partial charge >= 0.3 is 12.1 Å². The zero-order valence-electron chi connectivity index (χ0n) is 16.0. The molecule has 0 saturated carbocycles. The highest BCUT2D eigenvalue weighted by atomic mass is 79.9. The van der Waals surface area contributed by atoms with E-state index in [2.05, 4.69) is 15.9 Å². The van der Waals surface area contributed by atoms with E-state index in [0.717, 1.165) is 12.1 Å². The SMILES string of the molecule is CCOC(=O)c1c(O)c2cc(Br)cc3c2n(c1=O)CC(c1ccc(C(F)(F)F)cc1)O3. The number of nitrogens with zero attached hydrogens (tertiary/aromatic N) is 1. The number of alkyl halides is 3. The first kappa shape index (κ1) is 21.2. The van der Waals surface area contributed by atoms with Gasteiger partial charge in [-0.3, -0.25) is 9.36 Å². The zero-order valence-corrected chi connectivity index (χ0v) is 17.6. The number of aromatic nitrogens is 1. The second-order valence-corrected chi connectivity index (χ2v) is 7.80. The Kier molecular flexibility index (Phi) is 5.20. The number of carbonyl (C=O) groups excluding carboxylic acids is 1. The summed E-state index contributed by atoms with van der Waals surface area (Å²) in [4.78, 5) is 25.4. The number of rotatable bonds is 3. The number of benzene rings is 2. The lowest BCUT2D eigenvalue weighted by molar-refractivity contribution is -0.137. The highest BCUT2D eigenvalue weighted by Crippen LogP contribution is 2.41. The molecule has 1 atom stereocenters. The van der Waals surface area contributed by atoms with Crippen molar-refractivity contribution >= 4 is 32.8 Å². The first-order valence-corrected chi connectivity index (χ1v) is 10.0. The number of aromatic hydroxyl groups is 1. The van der Waals surface area contributed by atoms with Gasteiger partial charge < -0.3 is 14.6 Å². The fourth-order valence-electron chi connectivity index (χ4n) is 3.57. The van der Waals surface area contributed by atoms with E-state index in [1.807, 2.05) is 0 Å². The Morgan fingerprint density at radius 3 is 2.58 bits per heavy atom. The minimum Gasteiger partial charge on any atom is -0.506 e. The van der Waals surface area contributed by atoms with Gasteiger partial charge in [-0.1, -0.05) is 28.1 Å². The summed E-state index contributed by atoms with van der Waals surface area (Å²) in [5.74, 6) is -1.24. The Labute approximate surface area is 181 Å². The lowest BCUT2D eigenvalue weighted by atomic mass is 10.0. The standard InChI is InChI=1S/C21H15BrF3NO5/c1-2-30-20(29)16-18(27)13-7-12(22)8-14-17(13)26(19(16)28)9-15(31-14)10-3-5-11(6-4-10)21(23,24)25/h3-8,15,27H,2,9H2,1H3. The van der Waals surface area contributed by atoms with Crippen LogP contribution in [0, 0.1) is 0 Å². The van der Waals surface area contributed by atoms with Crippen LogP contribution in [0.3, 0.4) is 0 Å². The monoisotopic (exact) mass is 497 g/mol. The van der Waals surface area contributed by atoms with E-state index in [0.29, 0.717) is 10.0 Å². The molecule has 10 heteroatoms. The maximum absolute atomic E-state index is 13.1. The molecular formula is C21H15BrF3NO5. The molecule has 0 aliphatic carbocycles. The Bertz CT molecular complexity index is 1250. The van der Waals surface area contributed by atoms with Gasteiger partial charge in [0.2, 0.25) is 0 Å². The number of carbonyl (C=O) groups is 1. The number of ether oxygens (including phenoxy) is 2. The summed E-state index contributed by atoms with van der Waals surface area (Å²) >= 11 is 3.31. The van der Waals surface area contributed by atoms with Gasteiger partial charge in [-0.05, 0) is 36.8 Å². The topological polar surface area (TPSA) is 77.8 Å². The molecule has 0 spiro atoms. The molecule has 162 valence electrons. The van der Waals surface area contributed by atoms with Crippen molar-refractivity contribution < 1.29 is 32.5 Å². The summed E-state index contributed by atoms with van der Waals surface area (Å²) < 4.78 is 51.3. The molecule has 1 N–H and O–H groups in total. The van der Waals surface area contributed by atoms with E-state index in [9.17, 15) is 27.9 Å². The van der Waals surface area contributed by atoms with Crippen LogP contribution in [0.25, 0.3) is 10.9 Å². The van der Waals surface area contributed by atoms with Crippen molar-refractivity contribution in [3.63, 3.8) is 0 Å². The molecule has 1 aliphatic rings. The smallest absolute Gasteiger partial charge is 0.416 e. The molecule has 2 heterocycles. The van der Waals surface area contributed by atoms with Crippen LogP contribution < -0.4 is 10.3 Å². The Morgan fingerprint density at radius 1 is 1.29 bits per heavy atom. The van der Waals surface area contributed by atoms with Crippen molar-refractivity contribution in [1.82, 2.24) is 4.57 Å². The number of esters is 1. The highest BCUT2D eigenvalue weighted by molar-refractivity contribution is 9.10. The van der Waals surface area contributed by atoms with Crippen LogP contribution in [0.2, 0.25) is 0 Å². The molecule has 0 radical (unpaired) electrons. The third-order valence-corrected chi connectivity index (χ3v) is 5.43. The highest BCUT2D eigenvalue weighted by Gasteiger charge is 2.33. The quantitative estimate of drug-likeness (QED) is 0.526. The predicted octanol–water partition coefficient (Wildman–Crippen LogP) is 4.80. The van der Waals surface area contributed by atoms with E-state index in [1.54, 1.807) is 13.0 Å². The van der Waals surface area contributed by atoms with Crippen molar-refractivity contribution in [3.8, 4) is 11.5 Å². The average Bonchev–Trinajstić information content (AvgIpc) is 2.71. The van der Waals surface area contributed by atoms with Gasteiger partial charge in [0.25, 0.3) is 5.56 Å². The maximum Gasteiger partial charge on any atom is 0.416 e. The Hall–Kier alpha value is -3.01. The van der Waals surface area contributed by atoms with Crippen LogP contribution in [-0.4, -0.2) is 22.2 Å². The number of hydrogen-bond donors (Lipinski definition) is 1. The molecule has 0 saturated heterocycles. The number of halogens is 4. The van der Waals surface area contributed by atoms with Crippen molar-refractivity contribution in [2.24, 2.45) is 0 Å². The van der Waals surface area contributed by atoms with Crippen molar-refractivity contribution in [3.05, 3.63) is 67.9 Å². The lowest BCUT2D eigenvalue weighted by Crippen LogP contribution is -2.33. The summed E-state index contributed by atoms with van der Waals surface area (Å²) in [5.41, 5.74) is -1.38. The molecule has 31 heavy (non-hydrogen) atoms. The van der Waals surface area contributed by atoms with Crippen LogP contribution in [0.4, 0.5) is 13.2 Å². The summed E-state index contributed by atoms with van der Waals surface area (Å²) in [6.07, 6.45) is -5.26. The molecule has 0 bridgehead atoms. The molecule has 0 amide bonds. The van der Waals surface area contributed by atoms with Crippen LogP contribution in [0.5, 0.6) is 11.5 Å². The van der Waals surface area contributed by atoms with Crippen LogP contribution in [-0.2, 0) is 17.5 Å². The fourth-order valence-corrected chi connectivity index (χ4v) is 4.01. The van der Waals surface area contributed by atoms with Crippen molar-refractivity contribution in [2.45, 2.75) is 25.7 Å². The van der Waals surface area contributed by atoms with Crippen molar-refractivity contribution in [1.29, 1.82) is 0 Å². The minimum absolute atomic E-state index is 0.0107. The van der Waals surface area contributed by atoms with Crippen LogP contribution in [0.1, 0.15) is 34.5 Å². The number of hydrogen-bond acceptors (Lipinski definition) is 5. The van der Waals surface area contributed by atoms with Crippen molar-refractivity contribution in [2.75, 3.05) is 6.61 Å². The number of pyridine rings is 1. The van der Waals surface area contributed by atoms with Gasteiger partial charge in [-0.25, -0.2) is 4.79 Å². The zero-order chi connectivity index (χ0) is 22.5. The molecule has 2 aromatic carbocycles. The summed E-state index contributed by atoms with van der Waals surface area (Å²) in [5, 5.41) is 10.8. The van der Waals surface area contributed by atoms with E-state index in [4.69, 9.17) is 9.47 Å². The molecule has 6 nitrogen and oxygen atoms in total. The second-order valence-electron chi connectivity index (χ2n) is 6.89. The first-order valence-electron chi connectivity index (χ1n) is 9.21. The molecule has 3 aromatic rings. The average molecular weight is 498 g/mol. The van der Waals surface area contributed by atoms with E-state index >= 15 is 0 Å². The molecular weight excluding hydrogens is 483 g/mol. The molecule has 1 aromatic heterocycles. The van der Waals surface area contributed by atoms with E-state index in [-0.39, 0.29) is 29.8 Å². The molecule has 4 rings (SSSR count). The van der Waals surface area contributed by atoms with Crippen LogP contribution >= 0.6 is 15.9 Å². The maximum atomic E-state index is 13.1. The van der Waals surface area contributed by atoms with Gasteiger partial charge in [-0.2, -0.15) is 13.2 Å². The third kappa shape index (κ3) is 3.65. The van der Waals surface area contributed by atoms with E-state index < -0.39 is 40.7 Å². The normalized spacial score (nSPS) is 15.6. The van der Waals surface area contributed by atoms with Gasteiger partial charge in [0.05, 0.1) is 24.2 Å². The fraction of sp³-hybridized carbons (Fsp3) is 0.238. The first-order chi connectivity index (χ1) is 14.6. The van der Waals surface area contributed by atoms with Gasteiger partial charge in [0.1, 0.15) is 17.6 Å². The van der Waals surface area contributed by atoms with E-state index in [1.165, 1.54) is 22.8 Å². The third-order valence-electron chi connectivity index (χ3n) is 4.97. The summed E-state index contributed by atoms with van der Waals surface area (Å²) in [6, 6.07) is 7.56. The Balaban J connectivity index is 1.87. The molecule has 1 aliphatic heterocycles. The molecule has 0 fully saturated rings. The lowest BCUT2D eigenvalue weighted by Gasteiger charge is -2.29. The minimum atomic E-state index is -4.47. The van der Waals surface area contributed by atoms with Gasteiger partial charge in [0, 0.05) is 9.86 Å². The van der Waals surface area contributed by atoms with Gasteiger partial charge in [-0.15, -0.1) is 0 Å². The predicted molar refractivity (Wildman–Crippen MR) is 108 cm³/mol.